The quantitative estimate of drug-likeness (QED) is 0.386. The van der Waals surface area contributed by atoms with Crippen LogP contribution in [0.25, 0.3) is 0 Å². The number of nitrogens with zero attached hydrogens (tertiary/aromatic N) is 1. The summed E-state index contributed by atoms with van der Waals surface area (Å²) < 4.78 is 0. The summed E-state index contributed by atoms with van der Waals surface area (Å²) in [6.07, 6.45) is 12.7. The van der Waals surface area contributed by atoms with Gasteiger partial charge in [0.05, 0.1) is 0 Å². The lowest BCUT2D eigenvalue weighted by Gasteiger charge is -2.17. The minimum absolute atomic E-state index is 1.21. The van der Waals surface area contributed by atoms with Crippen molar-refractivity contribution in [2.45, 2.75) is 59.3 Å². The number of allylic oxidation sites excluding steroid dienone is 2. The third-order valence-corrected chi connectivity index (χ3v) is 2.98. The molecular weight excluding hydrogens is 182 g/mol. The molecule has 0 spiro atoms. The Morgan fingerprint density at radius 3 is 2.07 bits per heavy atom. The molecule has 0 bridgehead atoms. The zero-order valence-corrected chi connectivity index (χ0v) is 11.0. The van der Waals surface area contributed by atoms with Crippen molar-refractivity contribution in [3.63, 3.8) is 0 Å². The Kier molecular flexibility index (Phi) is 11.5. The van der Waals surface area contributed by atoms with E-state index in [0.29, 0.717) is 0 Å². The van der Waals surface area contributed by atoms with E-state index < -0.39 is 0 Å². The summed E-state index contributed by atoms with van der Waals surface area (Å²) in [5.41, 5.74) is 0. The van der Waals surface area contributed by atoms with Gasteiger partial charge < -0.3 is 4.90 Å². The summed E-state index contributed by atoms with van der Waals surface area (Å²) in [4.78, 5) is 2.51. The van der Waals surface area contributed by atoms with Gasteiger partial charge in [0.1, 0.15) is 0 Å². The maximum atomic E-state index is 2.51. The Bertz CT molecular complexity index is 136. The van der Waals surface area contributed by atoms with Crippen molar-refractivity contribution in [3.8, 4) is 0 Å². The fraction of sp³-hybridized carbons (Fsp3) is 0.857. The molecule has 0 aliphatic carbocycles. The molecular formula is C14H29N. The molecule has 0 aromatic heterocycles. The lowest BCUT2D eigenvalue weighted by molar-refractivity contribution is 0.295. The topological polar surface area (TPSA) is 3.24 Å². The molecule has 0 radical (unpaired) electrons. The second kappa shape index (κ2) is 11.8. The maximum Gasteiger partial charge on any atom is -0.00190 e. The Morgan fingerprint density at radius 2 is 1.47 bits per heavy atom. The van der Waals surface area contributed by atoms with Gasteiger partial charge in [-0.05, 0) is 45.8 Å². The first-order valence-corrected chi connectivity index (χ1v) is 6.68. The van der Waals surface area contributed by atoms with Crippen LogP contribution in [0.4, 0.5) is 0 Å². The van der Waals surface area contributed by atoms with Crippen LogP contribution in [0, 0.1) is 0 Å². The molecule has 0 aromatic rings. The highest BCUT2D eigenvalue weighted by Crippen LogP contribution is 2.06. The minimum Gasteiger partial charge on any atom is -0.304 e. The van der Waals surface area contributed by atoms with Gasteiger partial charge in [-0.3, -0.25) is 0 Å². The maximum absolute atomic E-state index is 2.51. The monoisotopic (exact) mass is 211 g/mol. The number of unbranched alkanes of at least 4 members (excludes halogenated alkanes) is 5. The van der Waals surface area contributed by atoms with E-state index in [-0.39, 0.29) is 0 Å². The third kappa shape index (κ3) is 9.99. The fourth-order valence-corrected chi connectivity index (χ4v) is 1.83. The van der Waals surface area contributed by atoms with Crippen molar-refractivity contribution < 1.29 is 0 Å². The lowest BCUT2D eigenvalue weighted by Crippen LogP contribution is -2.23. The molecule has 0 aliphatic heterocycles. The molecule has 0 heterocycles. The van der Waals surface area contributed by atoms with E-state index >= 15 is 0 Å². The zero-order chi connectivity index (χ0) is 11.4. The van der Waals surface area contributed by atoms with Gasteiger partial charge in [0.15, 0.2) is 0 Å². The SMILES string of the molecule is CC=CCCCCCCCN(CC)CC. The molecule has 0 saturated heterocycles. The first-order chi connectivity index (χ1) is 7.35. The van der Waals surface area contributed by atoms with Crippen LogP contribution in [-0.4, -0.2) is 24.5 Å². The molecule has 1 nitrogen and oxygen atoms in total. The van der Waals surface area contributed by atoms with Crippen LogP contribution in [0.15, 0.2) is 12.2 Å². The average molecular weight is 211 g/mol. The standard InChI is InChI=1S/C14H29N/c1-4-7-8-9-10-11-12-13-14-15(5-2)6-3/h4,7H,5-6,8-14H2,1-3H3. The minimum atomic E-state index is 1.21. The highest BCUT2D eigenvalue weighted by atomic mass is 15.1. The number of hydrogen-bond acceptors (Lipinski definition) is 1. The Balaban J connectivity index is 3.10. The van der Waals surface area contributed by atoms with Gasteiger partial charge in [-0.15, -0.1) is 0 Å². The second-order valence-corrected chi connectivity index (χ2v) is 4.15. The van der Waals surface area contributed by atoms with Crippen molar-refractivity contribution in [2.75, 3.05) is 19.6 Å². The normalized spacial score (nSPS) is 11.7. The van der Waals surface area contributed by atoms with E-state index in [0.717, 1.165) is 0 Å². The summed E-state index contributed by atoms with van der Waals surface area (Å²) in [6.45, 7) is 10.3. The summed E-state index contributed by atoms with van der Waals surface area (Å²) >= 11 is 0. The Hall–Kier alpha value is -0.300. The van der Waals surface area contributed by atoms with Gasteiger partial charge in [0.2, 0.25) is 0 Å². The summed E-state index contributed by atoms with van der Waals surface area (Å²) in [7, 11) is 0. The van der Waals surface area contributed by atoms with Crippen LogP contribution in [-0.2, 0) is 0 Å². The highest BCUT2D eigenvalue weighted by Gasteiger charge is 1.97. The molecule has 0 aromatic carbocycles. The van der Waals surface area contributed by atoms with Gasteiger partial charge in [0.25, 0.3) is 0 Å². The van der Waals surface area contributed by atoms with Crippen molar-refractivity contribution in [1.29, 1.82) is 0 Å². The van der Waals surface area contributed by atoms with Gasteiger partial charge >= 0.3 is 0 Å². The number of rotatable bonds is 10. The van der Waals surface area contributed by atoms with E-state index in [1.807, 2.05) is 0 Å². The molecule has 0 rings (SSSR count). The van der Waals surface area contributed by atoms with Crippen molar-refractivity contribution in [3.05, 3.63) is 12.2 Å². The Labute approximate surface area is 96.6 Å². The second-order valence-electron chi connectivity index (χ2n) is 4.15. The molecule has 0 saturated carbocycles. The average Bonchev–Trinajstić information content (AvgIpc) is 2.27. The molecule has 90 valence electrons. The van der Waals surface area contributed by atoms with E-state index in [1.54, 1.807) is 0 Å². The summed E-state index contributed by atoms with van der Waals surface area (Å²) in [5, 5.41) is 0. The van der Waals surface area contributed by atoms with Gasteiger partial charge in [-0.1, -0.05) is 45.3 Å². The van der Waals surface area contributed by atoms with Crippen LogP contribution >= 0.6 is 0 Å². The van der Waals surface area contributed by atoms with Crippen LogP contribution in [0.5, 0.6) is 0 Å². The highest BCUT2D eigenvalue weighted by molar-refractivity contribution is 4.76. The molecule has 0 unspecified atom stereocenters. The van der Waals surface area contributed by atoms with Crippen LogP contribution in [0.1, 0.15) is 59.3 Å². The van der Waals surface area contributed by atoms with E-state index in [1.165, 1.54) is 58.2 Å². The van der Waals surface area contributed by atoms with Crippen LogP contribution in [0.2, 0.25) is 0 Å². The third-order valence-electron chi connectivity index (χ3n) is 2.98. The molecule has 0 N–H and O–H groups in total. The van der Waals surface area contributed by atoms with E-state index in [4.69, 9.17) is 0 Å². The predicted octanol–water partition coefficient (Wildman–Crippen LogP) is 4.24. The fourth-order valence-electron chi connectivity index (χ4n) is 1.83. The lowest BCUT2D eigenvalue weighted by atomic mass is 10.1. The number of hydrogen-bond donors (Lipinski definition) is 0. The summed E-state index contributed by atoms with van der Waals surface area (Å²) in [5.74, 6) is 0. The van der Waals surface area contributed by atoms with E-state index in [2.05, 4.69) is 37.8 Å². The molecule has 0 atom stereocenters. The van der Waals surface area contributed by atoms with Crippen molar-refractivity contribution >= 4 is 0 Å². The van der Waals surface area contributed by atoms with Gasteiger partial charge in [-0.25, -0.2) is 0 Å². The van der Waals surface area contributed by atoms with Crippen LogP contribution in [0.3, 0.4) is 0 Å². The van der Waals surface area contributed by atoms with Gasteiger partial charge in [-0.2, -0.15) is 0 Å². The Morgan fingerprint density at radius 1 is 0.867 bits per heavy atom. The van der Waals surface area contributed by atoms with E-state index in [9.17, 15) is 0 Å². The van der Waals surface area contributed by atoms with Crippen molar-refractivity contribution in [2.24, 2.45) is 0 Å². The van der Waals surface area contributed by atoms with Crippen molar-refractivity contribution in [1.82, 2.24) is 4.90 Å². The molecule has 0 aliphatic rings. The largest absolute Gasteiger partial charge is 0.304 e. The first kappa shape index (κ1) is 14.7. The van der Waals surface area contributed by atoms with Crippen LogP contribution < -0.4 is 0 Å². The first-order valence-electron chi connectivity index (χ1n) is 6.68. The summed E-state index contributed by atoms with van der Waals surface area (Å²) in [6, 6.07) is 0. The smallest absolute Gasteiger partial charge is 0.00190 e. The predicted molar refractivity (Wildman–Crippen MR) is 70.3 cm³/mol. The van der Waals surface area contributed by atoms with Gasteiger partial charge in [0, 0.05) is 0 Å². The zero-order valence-electron chi connectivity index (χ0n) is 11.0. The molecule has 15 heavy (non-hydrogen) atoms. The molecule has 0 amide bonds. The molecule has 0 fully saturated rings. The molecule has 1 heteroatoms.